The molecule has 2 aliphatic rings. The number of aliphatic imine (C=N–C) groups is 1. The van der Waals surface area contributed by atoms with Crippen molar-refractivity contribution < 1.29 is 4.74 Å². The molecular formula is C17H35IN4O. The van der Waals surface area contributed by atoms with Crippen LogP contribution in [-0.4, -0.2) is 75.3 Å². The van der Waals surface area contributed by atoms with E-state index in [0.29, 0.717) is 0 Å². The van der Waals surface area contributed by atoms with Gasteiger partial charge in [0.2, 0.25) is 0 Å². The van der Waals surface area contributed by atoms with Crippen molar-refractivity contribution in [2.75, 3.05) is 59.5 Å². The van der Waals surface area contributed by atoms with Crippen molar-refractivity contribution in [2.45, 2.75) is 33.1 Å². The molecule has 5 nitrogen and oxygen atoms in total. The number of nitrogens with one attached hydrogen (secondary N) is 1. The maximum Gasteiger partial charge on any atom is 0.193 e. The van der Waals surface area contributed by atoms with Gasteiger partial charge in [0.05, 0.1) is 13.2 Å². The second kappa shape index (κ2) is 11.5. The van der Waals surface area contributed by atoms with Crippen LogP contribution in [0.3, 0.4) is 0 Å². The fourth-order valence-electron chi connectivity index (χ4n) is 3.47. The molecule has 1 atom stereocenters. The summed E-state index contributed by atoms with van der Waals surface area (Å²) >= 11 is 0. The molecule has 0 aliphatic carbocycles. The molecule has 0 spiro atoms. The van der Waals surface area contributed by atoms with E-state index in [2.05, 4.69) is 34.0 Å². The zero-order valence-electron chi connectivity index (χ0n) is 15.1. The SMILES string of the molecule is CCC(CC)CNC(=NC)N1CCC(CN2CCOCC2)C1.I. The highest BCUT2D eigenvalue weighted by Gasteiger charge is 2.27. The maximum atomic E-state index is 5.44. The van der Waals surface area contributed by atoms with Crippen molar-refractivity contribution >= 4 is 29.9 Å². The van der Waals surface area contributed by atoms with Crippen molar-refractivity contribution in [3.05, 3.63) is 0 Å². The molecular weight excluding hydrogens is 403 g/mol. The van der Waals surface area contributed by atoms with Crippen molar-refractivity contribution in [1.29, 1.82) is 0 Å². The second-order valence-corrected chi connectivity index (χ2v) is 6.62. The fourth-order valence-corrected chi connectivity index (χ4v) is 3.47. The van der Waals surface area contributed by atoms with Gasteiger partial charge in [-0.2, -0.15) is 0 Å². The summed E-state index contributed by atoms with van der Waals surface area (Å²) in [7, 11) is 1.91. The zero-order valence-corrected chi connectivity index (χ0v) is 17.4. The third-order valence-corrected chi connectivity index (χ3v) is 5.12. The van der Waals surface area contributed by atoms with Gasteiger partial charge in [-0.3, -0.25) is 9.89 Å². The predicted molar refractivity (Wildman–Crippen MR) is 108 cm³/mol. The first-order valence-corrected chi connectivity index (χ1v) is 9.02. The number of guanidine groups is 1. The zero-order chi connectivity index (χ0) is 15.8. The molecule has 1 unspecified atom stereocenters. The maximum absolute atomic E-state index is 5.44. The van der Waals surface area contributed by atoms with E-state index < -0.39 is 0 Å². The van der Waals surface area contributed by atoms with E-state index >= 15 is 0 Å². The first kappa shape index (κ1) is 21.0. The van der Waals surface area contributed by atoms with E-state index in [1.54, 1.807) is 0 Å². The van der Waals surface area contributed by atoms with Crippen molar-refractivity contribution in [1.82, 2.24) is 15.1 Å². The van der Waals surface area contributed by atoms with Crippen LogP contribution in [0.15, 0.2) is 4.99 Å². The van der Waals surface area contributed by atoms with Crippen LogP contribution in [0.2, 0.25) is 0 Å². The lowest BCUT2D eigenvalue weighted by atomic mass is 10.0. The van der Waals surface area contributed by atoms with Crippen molar-refractivity contribution in [2.24, 2.45) is 16.8 Å². The van der Waals surface area contributed by atoms with E-state index in [1.807, 2.05) is 7.05 Å². The Bertz CT molecular complexity index is 343. The van der Waals surface area contributed by atoms with Crippen molar-refractivity contribution in [3.8, 4) is 0 Å². The lowest BCUT2D eigenvalue weighted by Gasteiger charge is -2.29. The molecule has 0 bridgehead atoms. The van der Waals surface area contributed by atoms with Crippen LogP contribution in [0.5, 0.6) is 0 Å². The minimum atomic E-state index is 0. The summed E-state index contributed by atoms with van der Waals surface area (Å²) in [5.41, 5.74) is 0. The number of halogens is 1. The third kappa shape index (κ3) is 6.74. The van der Waals surface area contributed by atoms with Crippen LogP contribution < -0.4 is 5.32 Å². The predicted octanol–water partition coefficient (Wildman–Crippen LogP) is 2.27. The second-order valence-electron chi connectivity index (χ2n) is 6.62. The van der Waals surface area contributed by atoms with Gasteiger partial charge >= 0.3 is 0 Å². The van der Waals surface area contributed by atoms with E-state index in [-0.39, 0.29) is 24.0 Å². The molecule has 0 aromatic carbocycles. The fraction of sp³-hybridized carbons (Fsp3) is 0.941. The van der Waals surface area contributed by atoms with E-state index in [1.165, 1.54) is 25.8 Å². The van der Waals surface area contributed by atoms with Crippen LogP contribution in [0.25, 0.3) is 0 Å². The van der Waals surface area contributed by atoms with Gasteiger partial charge in [-0.15, -0.1) is 24.0 Å². The Balaban J connectivity index is 0.00000264. The monoisotopic (exact) mass is 438 g/mol. The number of likely N-dealkylation sites (tertiary alicyclic amines) is 1. The standard InChI is InChI=1S/C17H34N4O.HI/c1-4-15(5-2)12-19-17(18-3)21-7-6-16(14-21)13-20-8-10-22-11-9-20;/h15-16H,4-14H2,1-3H3,(H,18,19);1H. The lowest BCUT2D eigenvalue weighted by molar-refractivity contribution is 0.0315. The Morgan fingerprint density at radius 2 is 1.91 bits per heavy atom. The largest absolute Gasteiger partial charge is 0.379 e. The van der Waals surface area contributed by atoms with Gasteiger partial charge in [-0.25, -0.2) is 0 Å². The minimum absolute atomic E-state index is 0. The molecule has 1 N–H and O–H groups in total. The first-order chi connectivity index (χ1) is 10.8. The normalized spacial score (nSPS) is 23.2. The Kier molecular flexibility index (Phi) is 10.5. The Hall–Kier alpha value is -0.0800. The molecule has 0 saturated carbocycles. The molecule has 2 saturated heterocycles. The summed E-state index contributed by atoms with van der Waals surface area (Å²) in [6.45, 7) is 13.1. The molecule has 6 heteroatoms. The van der Waals surface area contributed by atoms with Gasteiger partial charge in [0.1, 0.15) is 0 Å². The molecule has 0 radical (unpaired) electrons. The number of hydrogen-bond donors (Lipinski definition) is 1. The third-order valence-electron chi connectivity index (χ3n) is 5.12. The molecule has 0 aromatic heterocycles. The molecule has 136 valence electrons. The number of hydrogen-bond acceptors (Lipinski definition) is 3. The summed E-state index contributed by atoms with van der Waals surface area (Å²) in [5.74, 6) is 2.62. The molecule has 2 heterocycles. The van der Waals surface area contributed by atoms with Gasteiger partial charge < -0.3 is 15.0 Å². The highest BCUT2D eigenvalue weighted by molar-refractivity contribution is 14.0. The molecule has 23 heavy (non-hydrogen) atoms. The highest BCUT2D eigenvalue weighted by Crippen LogP contribution is 2.18. The van der Waals surface area contributed by atoms with Crippen molar-refractivity contribution in [3.63, 3.8) is 0 Å². The molecule has 0 amide bonds. The summed E-state index contributed by atoms with van der Waals surface area (Å²) < 4.78 is 5.44. The molecule has 2 aliphatic heterocycles. The summed E-state index contributed by atoms with van der Waals surface area (Å²) in [5, 5.41) is 3.58. The Morgan fingerprint density at radius 1 is 1.22 bits per heavy atom. The van der Waals surface area contributed by atoms with Crippen LogP contribution >= 0.6 is 24.0 Å². The number of morpholine rings is 1. The Labute approximate surface area is 159 Å². The number of ether oxygens (including phenoxy) is 1. The Morgan fingerprint density at radius 3 is 2.52 bits per heavy atom. The quantitative estimate of drug-likeness (QED) is 0.393. The van der Waals surface area contributed by atoms with E-state index in [4.69, 9.17) is 4.74 Å². The van der Waals surface area contributed by atoms with E-state index in [0.717, 1.165) is 63.7 Å². The van der Waals surface area contributed by atoms with Gasteiger partial charge in [-0.1, -0.05) is 26.7 Å². The number of nitrogens with zero attached hydrogens (tertiary/aromatic N) is 3. The smallest absolute Gasteiger partial charge is 0.193 e. The van der Waals surface area contributed by atoms with Gasteiger partial charge in [-0.05, 0) is 18.3 Å². The van der Waals surface area contributed by atoms with Crippen LogP contribution in [0, 0.1) is 11.8 Å². The van der Waals surface area contributed by atoms with Crippen LogP contribution in [0.4, 0.5) is 0 Å². The molecule has 0 aromatic rings. The van der Waals surface area contributed by atoms with Gasteiger partial charge in [0, 0.05) is 46.3 Å². The topological polar surface area (TPSA) is 40.1 Å². The van der Waals surface area contributed by atoms with Gasteiger partial charge in [0.25, 0.3) is 0 Å². The summed E-state index contributed by atoms with van der Waals surface area (Å²) in [4.78, 5) is 9.48. The summed E-state index contributed by atoms with van der Waals surface area (Å²) in [6, 6.07) is 0. The van der Waals surface area contributed by atoms with Gasteiger partial charge in [0.15, 0.2) is 5.96 Å². The molecule has 2 rings (SSSR count). The minimum Gasteiger partial charge on any atom is -0.379 e. The van der Waals surface area contributed by atoms with E-state index in [9.17, 15) is 0 Å². The lowest BCUT2D eigenvalue weighted by Crippen LogP contribution is -2.43. The van der Waals surface area contributed by atoms with Crippen LogP contribution in [0.1, 0.15) is 33.1 Å². The van der Waals surface area contributed by atoms with Crippen LogP contribution in [-0.2, 0) is 4.74 Å². The molecule has 2 fully saturated rings. The average molecular weight is 438 g/mol. The highest BCUT2D eigenvalue weighted by atomic mass is 127. The average Bonchev–Trinajstić information content (AvgIpc) is 3.01. The summed E-state index contributed by atoms with van der Waals surface area (Å²) in [6.07, 6.45) is 3.75. The number of rotatable bonds is 6. The first-order valence-electron chi connectivity index (χ1n) is 9.02.